The fourth-order valence-corrected chi connectivity index (χ4v) is 1.94. The number of aromatic nitrogens is 2. The first kappa shape index (κ1) is 14.3. The van der Waals surface area contributed by atoms with Gasteiger partial charge in [-0.15, -0.1) is 0 Å². The largest absolute Gasteiger partial charge is 0.394 e. The number of hydrogen-bond acceptors (Lipinski definition) is 6. The summed E-state index contributed by atoms with van der Waals surface area (Å²) in [6.45, 7) is 0.350. The second kappa shape index (κ2) is 6.82. The predicted octanol–water partition coefficient (Wildman–Crippen LogP) is -0.583. The van der Waals surface area contributed by atoms with Crippen molar-refractivity contribution in [3.05, 3.63) is 17.7 Å². The fourth-order valence-electron chi connectivity index (χ4n) is 0.937. The molecule has 1 aromatic heterocycles. The molecule has 0 saturated carbocycles. The van der Waals surface area contributed by atoms with Gasteiger partial charge in [-0.1, -0.05) is 0 Å². The quantitative estimate of drug-likeness (QED) is 0.512. The van der Waals surface area contributed by atoms with Crippen molar-refractivity contribution >= 4 is 21.6 Å². The Hall–Kier alpha value is -0.800. The van der Waals surface area contributed by atoms with Gasteiger partial charge >= 0.3 is 0 Å². The van der Waals surface area contributed by atoms with Crippen LogP contribution in [-0.2, 0) is 14.8 Å². The van der Waals surface area contributed by atoms with Crippen molar-refractivity contribution in [1.82, 2.24) is 14.7 Å². The van der Waals surface area contributed by atoms with Crippen LogP contribution in [0.5, 0.6) is 0 Å². The number of hydrogen-bond donors (Lipinski definition) is 2. The Labute approximate surface area is 104 Å². The Morgan fingerprint density at radius 3 is 2.59 bits per heavy atom. The van der Waals surface area contributed by atoms with Crippen LogP contribution in [0, 0.1) is 0 Å². The van der Waals surface area contributed by atoms with Gasteiger partial charge in [0.05, 0.1) is 32.2 Å². The standard InChI is InChI=1S/C8H12ClN3O4S/c9-8-10-5-7(6-11-8)17(14,15)12-1-3-16-4-2-13/h5-6,12-13H,1-4H2. The molecule has 0 fully saturated rings. The van der Waals surface area contributed by atoms with Gasteiger partial charge in [0.15, 0.2) is 0 Å². The van der Waals surface area contributed by atoms with Gasteiger partial charge in [-0.25, -0.2) is 23.1 Å². The van der Waals surface area contributed by atoms with Gasteiger partial charge in [0.1, 0.15) is 4.90 Å². The summed E-state index contributed by atoms with van der Waals surface area (Å²) in [6, 6.07) is 0. The lowest BCUT2D eigenvalue weighted by atomic mass is 10.7. The van der Waals surface area contributed by atoms with Crippen LogP contribution in [0.25, 0.3) is 0 Å². The average Bonchev–Trinajstić information content (AvgIpc) is 2.29. The van der Waals surface area contributed by atoms with E-state index in [2.05, 4.69) is 14.7 Å². The summed E-state index contributed by atoms with van der Waals surface area (Å²) in [6.07, 6.45) is 2.23. The van der Waals surface area contributed by atoms with E-state index in [9.17, 15) is 8.42 Å². The van der Waals surface area contributed by atoms with Crippen LogP contribution in [0.15, 0.2) is 17.3 Å². The lowest BCUT2D eigenvalue weighted by Gasteiger charge is -2.06. The molecule has 0 saturated heterocycles. The number of rotatable bonds is 7. The van der Waals surface area contributed by atoms with Crippen LogP contribution in [0.4, 0.5) is 0 Å². The molecule has 0 aromatic carbocycles. The molecule has 0 spiro atoms. The van der Waals surface area contributed by atoms with E-state index in [1.54, 1.807) is 0 Å². The van der Waals surface area contributed by atoms with E-state index in [1.807, 2.05) is 0 Å². The molecule has 0 radical (unpaired) electrons. The summed E-state index contributed by atoms with van der Waals surface area (Å²) in [5.41, 5.74) is 0. The highest BCUT2D eigenvalue weighted by molar-refractivity contribution is 7.89. The minimum atomic E-state index is -3.64. The lowest BCUT2D eigenvalue weighted by Crippen LogP contribution is -2.28. The van der Waals surface area contributed by atoms with E-state index in [0.717, 1.165) is 12.4 Å². The molecule has 0 atom stereocenters. The predicted molar refractivity (Wildman–Crippen MR) is 60.1 cm³/mol. The minimum Gasteiger partial charge on any atom is -0.394 e. The van der Waals surface area contributed by atoms with Gasteiger partial charge in [-0.2, -0.15) is 0 Å². The number of aliphatic hydroxyl groups excluding tert-OH is 1. The molecule has 0 amide bonds. The molecule has 1 aromatic rings. The van der Waals surface area contributed by atoms with Crippen molar-refractivity contribution in [3.8, 4) is 0 Å². The topological polar surface area (TPSA) is 101 Å². The highest BCUT2D eigenvalue weighted by atomic mass is 35.5. The van der Waals surface area contributed by atoms with E-state index in [0.29, 0.717) is 0 Å². The molecule has 0 aliphatic heterocycles. The van der Waals surface area contributed by atoms with E-state index in [4.69, 9.17) is 21.4 Å². The van der Waals surface area contributed by atoms with Crippen LogP contribution in [-0.4, -0.2) is 49.9 Å². The summed E-state index contributed by atoms with van der Waals surface area (Å²) in [5.74, 6) is 0. The lowest BCUT2D eigenvalue weighted by molar-refractivity contribution is 0.0961. The third kappa shape index (κ3) is 4.92. The Morgan fingerprint density at radius 1 is 1.35 bits per heavy atom. The molecule has 0 aliphatic carbocycles. The first-order valence-electron chi connectivity index (χ1n) is 4.72. The van der Waals surface area contributed by atoms with Crippen LogP contribution in [0.1, 0.15) is 0 Å². The Kier molecular flexibility index (Phi) is 5.72. The monoisotopic (exact) mass is 281 g/mol. The molecule has 7 nitrogen and oxygen atoms in total. The number of aliphatic hydroxyl groups is 1. The summed E-state index contributed by atoms with van der Waals surface area (Å²) in [4.78, 5) is 7.08. The zero-order valence-corrected chi connectivity index (χ0v) is 10.4. The molecule has 96 valence electrons. The first-order valence-corrected chi connectivity index (χ1v) is 6.58. The van der Waals surface area contributed by atoms with Crippen molar-refractivity contribution in [2.24, 2.45) is 0 Å². The third-order valence-electron chi connectivity index (χ3n) is 1.68. The van der Waals surface area contributed by atoms with Crippen LogP contribution in [0.2, 0.25) is 5.28 Å². The summed E-state index contributed by atoms with van der Waals surface area (Å²) >= 11 is 5.44. The van der Waals surface area contributed by atoms with Gasteiger partial charge in [0, 0.05) is 6.54 Å². The molecule has 1 rings (SSSR count). The molecule has 17 heavy (non-hydrogen) atoms. The molecular weight excluding hydrogens is 270 g/mol. The molecule has 9 heteroatoms. The number of nitrogens with one attached hydrogen (secondary N) is 1. The zero-order valence-electron chi connectivity index (χ0n) is 8.84. The molecule has 0 unspecified atom stereocenters. The summed E-state index contributed by atoms with van der Waals surface area (Å²) in [7, 11) is -3.64. The summed E-state index contributed by atoms with van der Waals surface area (Å²) in [5, 5.41) is 8.42. The highest BCUT2D eigenvalue weighted by Gasteiger charge is 2.14. The second-order valence-corrected chi connectivity index (χ2v) is 5.03. The van der Waals surface area contributed by atoms with Crippen molar-refractivity contribution in [3.63, 3.8) is 0 Å². The third-order valence-corrected chi connectivity index (χ3v) is 3.29. The maximum absolute atomic E-state index is 11.6. The molecule has 0 aliphatic rings. The first-order chi connectivity index (χ1) is 8.06. The molecular formula is C8H12ClN3O4S. The molecule has 0 bridgehead atoms. The maximum atomic E-state index is 11.6. The van der Waals surface area contributed by atoms with Crippen molar-refractivity contribution in [2.45, 2.75) is 4.90 Å². The van der Waals surface area contributed by atoms with Crippen molar-refractivity contribution in [1.29, 1.82) is 0 Å². The van der Waals surface area contributed by atoms with Crippen LogP contribution >= 0.6 is 11.6 Å². The number of sulfonamides is 1. The van der Waals surface area contributed by atoms with Crippen molar-refractivity contribution in [2.75, 3.05) is 26.4 Å². The van der Waals surface area contributed by atoms with Gasteiger partial charge in [0.2, 0.25) is 15.3 Å². The Balaban J connectivity index is 2.48. The SMILES string of the molecule is O=S(=O)(NCCOCCO)c1cnc(Cl)nc1. The second-order valence-electron chi connectivity index (χ2n) is 2.92. The smallest absolute Gasteiger partial charge is 0.243 e. The Morgan fingerprint density at radius 2 is 2.00 bits per heavy atom. The molecule has 2 N–H and O–H groups in total. The van der Waals surface area contributed by atoms with E-state index in [-0.39, 0.29) is 36.5 Å². The van der Waals surface area contributed by atoms with E-state index < -0.39 is 10.0 Å². The fraction of sp³-hybridized carbons (Fsp3) is 0.500. The minimum absolute atomic E-state index is 0.0183. The zero-order chi connectivity index (χ0) is 12.7. The number of halogens is 1. The molecule has 1 heterocycles. The van der Waals surface area contributed by atoms with E-state index in [1.165, 1.54) is 0 Å². The van der Waals surface area contributed by atoms with Gasteiger partial charge < -0.3 is 9.84 Å². The van der Waals surface area contributed by atoms with Crippen LogP contribution in [0.3, 0.4) is 0 Å². The normalized spacial score (nSPS) is 11.6. The highest BCUT2D eigenvalue weighted by Crippen LogP contribution is 2.06. The Bertz CT molecular complexity index is 437. The summed E-state index contributed by atoms with van der Waals surface area (Å²) < 4.78 is 30.5. The van der Waals surface area contributed by atoms with E-state index >= 15 is 0 Å². The van der Waals surface area contributed by atoms with Gasteiger partial charge in [-0.05, 0) is 11.6 Å². The van der Waals surface area contributed by atoms with Gasteiger partial charge in [0.25, 0.3) is 0 Å². The van der Waals surface area contributed by atoms with Crippen LogP contribution < -0.4 is 4.72 Å². The number of ether oxygens (including phenoxy) is 1. The number of nitrogens with zero attached hydrogens (tertiary/aromatic N) is 2. The van der Waals surface area contributed by atoms with Gasteiger partial charge in [-0.3, -0.25) is 0 Å². The average molecular weight is 282 g/mol. The van der Waals surface area contributed by atoms with Crippen molar-refractivity contribution < 1.29 is 18.3 Å². The maximum Gasteiger partial charge on any atom is 0.243 e.